The number of ketones is 1. The largest absolute Gasteiger partial charge is 0.360 e. The number of aromatic amines is 1. The van der Waals surface area contributed by atoms with E-state index in [0.29, 0.717) is 10.6 Å². The van der Waals surface area contributed by atoms with Gasteiger partial charge >= 0.3 is 0 Å². The highest BCUT2D eigenvalue weighted by atomic mass is 35.5. The first-order valence-corrected chi connectivity index (χ1v) is 6.20. The molecule has 0 aliphatic carbocycles. The van der Waals surface area contributed by atoms with Crippen LogP contribution < -0.4 is 0 Å². The summed E-state index contributed by atoms with van der Waals surface area (Å²) in [6.07, 6.45) is 4.49. The maximum Gasteiger partial charge on any atom is 0.216 e. The molecular formula is C13H7Cl2N3O. The zero-order valence-corrected chi connectivity index (χ0v) is 11.0. The van der Waals surface area contributed by atoms with Crippen molar-refractivity contribution in [2.24, 2.45) is 0 Å². The molecule has 3 rings (SSSR count). The lowest BCUT2D eigenvalue weighted by molar-refractivity contribution is 0.103. The van der Waals surface area contributed by atoms with E-state index in [1.165, 1.54) is 12.4 Å². The van der Waals surface area contributed by atoms with Crippen LogP contribution in [-0.4, -0.2) is 20.7 Å². The number of carbonyl (C=O) groups is 1. The lowest BCUT2D eigenvalue weighted by Crippen LogP contribution is -2.05. The van der Waals surface area contributed by atoms with Gasteiger partial charge in [-0.1, -0.05) is 29.3 Å². The summed E-state index contributed by atoms with van der Waals surface area (Å²) < 4.78 is 0. The van der Waals surface area contributed by atoms with Crippen LogP contribution in [0, 0.1) is 0 Å². The molecule has 1 N–H and O–H groups in total. The Kier molecular flexibility index (Phi) is 2.97. The van der Waals surface area contributed by atoms with Crippen LogP contribution >= 0.6 is 23.2 Å². The molecule has 1 aromatic carbocycles. The van der Waals surface area contributed by atoms with Gasteiger partial charge in [-0.05, 0) is 12.1 Å². The van der Waals surface area contributed by atoms with Gasteiger partial charge in [-0.15, -0.1) is 0 Å². The van der Waals surface area contributed by atoms with Gasteiger partial charge in [0.25, 0.3) is 0 Å². The van der Waals surface area contributed by atoms with E-state index in [1.54, 1.807) is 24.4 Å². The normalized spacial score (nSPS) is 10.8. The van der Waals surface area contributed by atoms with Gasteiger partial charge in [-0.2, -0.15) is 0 Å². The molecule has 2 aromatic heterocycles. The van der Waals surface area contributed by atoms with Gasteiger partial charge in [0, 0.05) is 40.1 Å². The standard InChI is InChI=1S/C13H7Cl2N3O/c14-7-1-2-8-9(6-18-10(8)5-7)12(19)11-13(15)17-4-3-16-11/h1-6,18H. The van der Waals surface area contributed by atoms with Gasteiger partial charge in [-0.3, -0.25) is 4.79 Å². The number of fused-ring (bicyclic) bond motifs is 1. The minimum Gasteiger partial charge on any atom is -0.360 e. The molecule has 19 heavy (non-hydrogen) atoms. The SMILES string of the molecule is O=C(c1nccnc1Cl)c1c[nH]c2cc(Cl)ccc12. The molecular weight excluding hydrogens is 285 g/mol. The van der Waals surface area contributed by atoms with Crippen LogP contribution in [0.5, 0.6) is 0 Å². The Morgan fingerprint density at radius 1 is 1.16 bits per heavy atom. The van der Waals surface area contributed by atoms with Crippen molar-refractivity contribution in [2.75, 3.05) is 0 Å². The molecule has 0 unspecified atom stereocenters. The molecule has 3 aromatic rings. The Bertz CT molecular complexity index is 782. The number of aromatic nitrogens is 3. The zero-order valence-electron chi connectivity index (χ0n) is 9.52. The molecule has 6 heteroatoms. The summed E-state index contributed by atoms with van der Waals surface area (Å²) in [7, 11) is 0. The lowest BCUT2D eigenvalue weighted by Gasteiger charge is -2.00. The van der Waals surface area contributed by atoms with Gasteiger partial charge in [0.05, 0.1) is 0 Å². The summed E-state index contributed by atoms with van der Waals surface area (Å²) in [5, 5.41) is 1.47. The number of hydrogen-bond acceptors (Lipinski definition) is 3. The van der Waals surface area contributed by atoms with E-state index >= 15 is 0 Å². The summed E-state index contributed by atoms with van der Waals surface area (Å²) in [4.78, 5) is 23.2. The molecule has 0 aliphatic heterocycles. The molecule has 4 nitrogen and oxygen atoms in total. The van der Waals surface area contributed by atoms with Crippen molar-refractivity contribution in [3.63, 3.8) is 0 Å². The van der Waals surface area contributed by atoms with Crippen LogP contribution in [0.3, 0.4) is 0 Å². The van der Waals surface area contributed by atoms with Gasteiger partial charge in [0.1, 0.15) is 5.69 Å². The molecule has 0 amide bonds. The third-order valence-electron chi connectivity index (χ3n) is 2.76. The van der Waals surface area contributed by atoms with Gasteiger partial charge in [-0.25, -0.2) is 9.97 Å². The maximum absolute atomic E-state index is 12.4. The van der Waals surface area contributed by atoms with Crippen molar-refractivity contribution in [2.45, 2.75) is 0 Å². The molecule has 0 saturated carbocycles. The fourth-order valence-electron chi connectivity index (χ4n) is 1.89. The van der Waals surface area contributed by atoms with Crippen molar-refractivity contribution in [1.29, 1.82) is 0 Å². The second-order valence-electron chi connectivity index (χ2n) is 3.92. The summed E-state index contributed by atoms with van der Waals surface area (Å²) in [5.41, 5.74) is 1.42. The van der Waals surface area contributed by atoms with E-state index in [-0.39, 0.29) is 16.6 Å². The molecule has 2 heterocycles. The number of nitrogens with one attached hydrogen (secondary N) is 1. The van der Waals surface area contributed by atoms with Crippen molar-refractivity contribution < 1.29 is 4.79 Å². The predicted molar refractivity (Wildman–Crippen MR) is 73.8 cm³/mol. The van der Waals surface area contributed by atoms with E-state index in [9.17, 15) is 4.79 Å². The topological polar surface area (TPSA) is 58.6 Å². The fraction of sp³-hybridized carbons (Fsp3) is 0. The van der Waals surface area contributed by atoms with Crippen LogP contribution in [0.1, 0.15) is 16.1 Å². The Labute approximate surface area is 118 Å². The minimum absolute atomic E-state index is 0.0933. The van der Waals surface area contributed by atoms with Crippen molar-refractivity contribution in [3.8, 4) is 0 Å². The first kappa shape index (κ1) is 12.1. The number of H-pyrrole nitrogens is 1. The Hall–Kier alpha value is -1.91. The van der Waals surface area contributed by atoms with E-state index < -0.39 is 0 Å². The van der Waals surface area contributed by atoms with Crippen LogP contribution in [0.4, 0.5) is 0 Å². The summed E-state index contributed by atoms with van der Waals surface area (Å²) in [6, 6.07) is 5.27. The molecule has 0 bridgehead atoms. The van der Waals surface area contributed by atoms with E-state index in [4.69, 9.17) is 23.2 Å². The molecule has 94 valence electrons. The van der Waals surface area contributed by atoms with E-state index in [0.717, 1.165) is 10.9 Å². The molecule has 0 spiro atoms. The molecule has 0 fully saturated rings. The molecule has 0 atom stereocenters. The number of benzene rings is 1. The number of rotatable bonds is 2. The Morgan fingerprint density at radius 2 is 1.95 bits per heavy atom. The number of carbonyl (C=O) groups excluding carboxylic acids is 1. The van der Waals surface area contributed by atoms with Gasteiger partial charge in [0.2, 0.25) is 5.78 Å². The Morgan fingerprint density at radius 3 is 2.74 bits per heavy atom. The van der Waals surface area contributed by atoms with Crippen molar-refractivity contribution in [3.05, 3.63) is 58.2 Å². The maximum atomic E-state index is 12.4. The average molecular weight is 292 g/mol. The molecule has 0 saturated heterocycles. The first-order chi connectivity index (χ1) is 9.16. The van der Waals surface area contributed by atoms with Crippen LogP contribution in [0.15, 0.2) is 36.8 Å². The second-order valence-corrected chi connectivity index (χ2v) is 4.71. The summed E-state index contributed by atoms with van der Waals surface area (Å²) in [5.74, 6) is -0.272. The summed E-state index contributed by atoms with van der Waals surface area (Å²) >= 11 is 11.8. The van der Waals surface area contributed by atoms with Crippen molar-refractivity contribution >= 4 is 39.9 Å². The third-order valence-corrected chi connectivity index (χ3v) is 3.27. The number of halogens is 2. The van der Waals surface area contributed by atoms with E-state index in [2.05, 4.69) is 15.0 Å². The molecule has 0 aliphatic rings. The number of nitrogens with zero attached hydrogens (tertiary/aromatic N) is 2. The highest BCUT2D eigenvalue weighted by molar-refractivity contribution is 6.34. The van der Waals surface area contributed by atoms with Crippen LogP contribution in [0.25, 0.3) is 10.9 Å². The fourth-order valence-corrected chi connectivity index (χ4v) is 2.25. The Balaban J connectivity index is 2.15. The monoisotopic (exact) mass is 291 g/mol. The third kappa shape index (κ3) is 2.09. The second kappa shape index (κ2) is 4.64. The van der Waals surface area contributed by atoms with Gasteiger partial charge < -0.3 is 4.98 Å². The van der Waals surface area contributed by atoms with Gasteiger partial charge in [0.15, 0.2) is 5.15 Å². The average Bonchev–Trinajstić information content (AvgIpc) is 2.81. The smallest absolute Gasteiger partial charge is 0.216 e. The molecule has 0 radical (unpaired) electrons. The minimum atomic E-state index is -0.272. The highest BCUT2D eigenvalue weighted by Crippen LogP contribution is 2.24. The van der Waals surface area contributed by atoms with Crippen molar-refractivity contribution in [1.82, 2.24) is 15.0 Å². The number of hydrogen-bond donors (Lipinski definition) is 1. The quantitative estimate of drug-likeness (QED) is 0.735. The first-order valence-electron chi connectivity index (χ1n) is 5.44. The van der Waals surface area contributed by atoms with E-state index in [1.807, 2.05) is 0 Å². The van der Waals surface area contributed by atoms with Crippen LogP contribution in [0.2, 0.25) is 10.2 Å². The highest BCUT2D eigenvalue weighted by Gasteiger charge is 2.18. The lowest BCUT2D eigenvalue weighted by atomic mass is 10.1. The predicted octanol–water partition coefficient (Wildman–Crippen LogP) is 3.50. The van der Waals surface area contributed by atoms with Crippen LogP contribution in [-0.2, 0) is 0 Å². The summed E-state index contributed by atoms with van der Waals surface area (Å²) in [6.45, 7) is 0. The zero-order chi connectivity index (χ0) is 13.4.